The monoisotopic (exact) mass is 304 g/mol. The van der Waals surface area contributed by atoms with Crippen LogP contribution in [0.1, 0.15) is 10.4 Å². The number of hydrogen-bond donors (Lipinski definition) is 1. The number of halogens is 1. The Balaban J connectivity index is 2.31. The molecule has 0 unspecified atom stereocenters. The number of aromatic nitrogens is 4. The third kappa shape index (κ3) is 2.17. The Labute approximate surface area is 123 Å². The van der Waals surface area contributed by atoms with Crippen molar-refractivity contribution >= 4 is 23.2 Å². The van der Waals surface area contributed by atoms with Crippen molar-refractivity contribution in [3.63, 3.8) is 0 Å². The first-order valence-electron chi connectivity index (χ1n) is 5.88. The number of carboxylic acids is 1. The zero-order chi connectivity index (χ0) is 15.0. The van der Waals surface area contributed by atoms with E-state index in [1.54, 1.807) is 18.3 Å². The Morgan fingerprint density at radius 3 is 2.95 bits per heavy atom. The summed E-state index contributed by atoms with van der Waals surface area (Å²) in [5.41, 5.74) is 0.991. The highest BCUT2D eigenvalue weighted by Gasteiger charge is 2.17. The predicted molar refractivity (Wildman–Crippen MR) is 74.7 cm³/mol. The minimum atomic E-state index is -1.09. The molecule has 3 rings (SSSR count). The van der Waals surface area contributed by atoms with Crippen molar-refractivity contribution in [1.82, 2.24) is 19.6 Å². The van der Waals surface area contributed by atoms with E-state index in [1.165, 1.54) is 23.8 Å². The highest BCUT2D eigenvalue weighted by molar-refractivity contribution is 6.33. The first kappa shape index (κ1) is 13.3. The highest BCUT2D eigenvalue weighted by Crippen LogP contribution is 2.28. The van der Waals surface area contributed by atoms with E-state index < -0.39 is 5.97 Å². The molecule has 0 saturated carbocycles. The fourth-order valence-corrected chi connectivity index (χ4v) is 2.22. The van der Waals surface area contributed by atoms with E-state index in [2.05, 4.69) is 15.2 Å². The number of methoxy groups -OCH3 is 1. The summed E-state index contributed by atoms with van der Waals surface area (Å²) in [6.45, 7) is 0. The molecule has 0 aliphatic rings. The van der Waals surface area contributed by atoms with Crippen LogP contribution < -0.4 is 4.74 Å². The highest BCUT2D eigenvalue weighted by atomic mass is 35.5. The lowest BCUT2D eigenvalue weighted by Crippen LogP contribution is -2.01. The average Bonchev–Trinajstić information content (AvgIpc) is 2.91. The van der Waals surface area contributed by atoms with E-state index in [4.69, 9.17) is 21.4 Å². The SMILES string of the molecule is COc1ncccc1-c1nnc2c(Cl)cc(C(=O)O)cn12. The van der Waals surface area contributed by atoms with E-state index >= 15 is 0 Å². The number of ether oxygens (including phenoxy) is 1. The molecule has 0 aliphatic carbocycles. The minimum absolute atomic E-state index is 0.0383. The van der Waals surface area contributed by atoms with Crippen LogP contribution in [-0.2, 0) is 0 Å². The summed E-state index contributed by atoms with van der Waals surface area (Å²) >= 11 is 6.05. The van der Waals surface area contributed by atoms with Crippen molar-refractivity contribution in [2.75, 3.05) is 7.11 Å². The van der Waals surface area contributed by atoms with Gasteiger partial charge in [-0.2, -0.15) is 0 Å². The molecule has 3 heterocycles. The second-order valence-electron chi connectivity index (χ2n) is 4.16. The molecule has 0 spiro atoms. The Hall–Kier alpha value is -2.67. The zero-order valence-electron chi connectivity index (χ0n) is 10.8. The van der Waals surface area contributed by atoms with Gasteiger partial charge in [0, 0.05) is 12.4 Å². The van der Waals surface area contributed by atoms with Crippen LogP contribution in [0.5, 0.6) is 5.88 Å². The summed E-state index contributed by atoms with van der Waals surface area (Å²) in [5, 5.41) is 17.3. The van der Waals surface area contributed by atoms with E-state index in [0.29, 0.717) is 22.9 Å². The third-order valence-electron chi connectivity index (χ3n) is 2.91. The number of nitrogens with zero attached hydrogens (tertiary/aromatic N) is 4. The molecule has 0 amide bonds. The number of hydrogen-bond acceptors (Lipinski definition) is 5. The standard InChI is InChI=1S/C13H9ClN4O3/c1-21-12-8(3-2-4-15-12)10-16-17-11-9(14)5-7(13(19)20)6-18(10)11/h2-6H,1H3,(H,19,20). The second-order valence-corrected chi connectivity index (χ2v) is 4.57. The van der Waals surface area contributed by atoms with Crippen molar-refractivity contribution in [3.8, 4) is 17.3 Å². The van der Waals surface area contributed by atoms with Gasteiger partial charge in [0.15, 0.2) is 11.5 Å². The van der Waals surface area contributed by atoms with Crippen LogP contribution in [0.4, 0.5) is 0 Å². The molecule has 3 aromatic rings. The van der Waals surface area contributed by atoms with Crippen LogP contribution in [0.2, 0.25) is 5.02 Å². The van der Waals surface area contributed by atoms with Gasteiger partial charge in [0.25, 0.3) is 0 Å². The van der Waals surface area contributed by atoms with Crippen LogP contribution in [-0.4, -0.2) is 37.8 Å². The molecule has 3 aromatic heterocycles. The fourth-order valence-electron chi connectivity index (χ4n) is 1.98. The van der Waals surface area contributed by atoms with Crippen molar-refractivity contribution < 1.29 is 14.6 Å². The molecule has 1 N–H and O–H groups in total. The van der Waals surface area contributed by atoms with E-state index in [9.17, 15) is 4.79 Å². The average molecular weight is 305 g/mol. The molecule has 7 nitrogen and oxygen atoms in total. The lowest BCUT2D eigenvalue weighted by molar-refractivity contribution is 0.0696. The maximum Gasteiger partial charge on any atom is 0.337 e. The molecular formula is C13H9ClN4O3. The van der Waals surface area contributed by atoms with Gasteiger partial charge < -0.3 is 9.84 Å². The third-order valence-corrected chi connectivity index (χ3v) is 3.19. The van der Waals surface area contributed by atoms with Gasteiger partial charge in [-0.15, -0.1) is 10.2 Å². The molecular weight excluding hydrogens is 296 g/mol. The number of aromatic carboxylic acids is 1. The first-order chi connectivity index (χ1) is 10.1. The lowest BCUT2D eigenvalue weighted by Gasteiger charge is -2.06. The summed E-state index contributed by atoms with van der Waals surface area (Å²) in [5.74, 6) is -0.319. The van der Waals surface area contributed by atoms with Gasteiger partial charge in [-0.25, -0.2) is 9.78 Å². The van der Waals surface area contributed by atoms with Gasteiger partial charge in [-0.3, -0.25) is 4.40 Å². The van der Waals surface area contributed by atoms with Gasteiger partial charge in [0.2, 0.25) is 5.88 Å². The van der Waals surface area contributed by atoms with Gasteiger partial charge in [0.05, 0.1) is 23.3 Å². The number of carboxylic acid groups (broad SMARTS) is 1. The quantitative estimate of drug-likeness (QED) is 0.797. The molecule has 21 heavy (non-hydrogen) atoms. The van der Waals surface area contributed by atoms with Crippen LogP contribution in [0, 0.1) is 0 Å². The summed E-state index contributed by atoms with van der Waals surface area (Å²) in [4.78, 5) is 15.2. The zero-order valence-corrected chi connectivity index (χ0v) is 11.6. The van der Waals surface area contributed by atoms with Crippen molar-refractivity contribution in [2.24, 2.45) is 0 Å². The molecule has 106 valence electrons. The molecule has 0 saturated heterocycles. The normalized spacial score (nSPS) is 10.8. The predicted octanol–water partition coefficient (Wildman–Crippen LogP) is 2.15. The van der Waals surface area contributed by atoms with Crippen LogP contribution in [0.25, 0.3) is 17.0 Å². The topological polar surface area (TPSA) is 89.6 Å². The van der Waals surface area contributed by atoms with Crippen LogP contribution >= 0.6 is 11.6 Å². The Morgan fingerprint density at radius 1 is 1.43 bits per heavy atom. The van der Waals surface area contributed by atoms with Gasteiger partial charge in [-0.05, 0) is 18.2 Å². The number of rotatable bonds is 3. The Kier molecular flexibility index (Phi) is 3.19. The minimum Gasteiger partial charge on any atom is -0.480 e. The summed E-state index contributed by atoms with van der Waals surface area (Å²) < 4.78 is 6.69. The molecule has 0 radical (unpaired) electrons. The molecule has 0 aromatic carbocycles. The van der Waals surface area contributed by atoms with Gasteiger partial charge in [0.1, 0.15) is 0 Å². The van der Waals surface area contributed by atoms with Gasteiger partial charge >= 0.3 is 5.97 Å². The molecule has 0 atom stereocenters. The van der Waals surface area contributed by atoms with E-state index in [-0.39, 0.29) is 10.6 Å². The van der Waals surface area contributed by atoms with Gasteiger partial charge in [-0.1, -0.05) is 11.6 Å². The maximum absolute atomic E-state index is 11.1. The van der Waals surface area contributed by atoms with Crippen molar-refractivity contribution in [2.45, 2.75) is 0 Å². The van der Waals surface area contributed by atoms with Crippen LogP contribution in [0.15, 0.2) is 30.6 Å². The smallest absolute Gasteiger partial charge is 0.337 e. The molecule has 0 aliphatic heterocycles. The summed E-state index contributed by atoms with van der Waals surface area (Å²) in [6, 6.07) is 4.81. The lowest BCUT2D eigenvalue weighted by atomic mass is 10.2. The number of pyridine rings is 2. The summed E-state index contributed by atoms with van der Waals surface area (Å²) in [6.07, 6.45) is 2.99. The number of carbonyl (C=O) groups is 1. The van der Waals surface area contributed by atoms with Crippen LogP contribution in [0.3, 0.4) is 0 Å². The fraction of sp³-hybridized carbons (Fsp3) is 0.0769. The largest absolute Gasteiger partial charge is 0.480 e. The Bertz CT molecular complexity index is 847. The van der Waals surface area contributed by atoms with Crippen molar-refractivity contribution in [3.05, 3.63) is 41.2 Å². The van der Waals surface area contributed by atoms with E-state index in [1.807, 2.05) is 0 Å². The molecule has 0 bridgehead atoms. The molecule has 8 heteroatoms. The summed E-state index contributed by atoms with van der Waals surface area (Å²) in [7, 11) is 1.49. The van der Waals surface area contributed by atoms with E-state index in [0.717, 1.165) is 0 Å². The second kappa shape index (κ2) is 5.02. The molecule has 0 fully saturated rings. The van der Waals surface area contributed by atoms with Crippen molar-refractivity contribution in [1.29, 1.82) is 0 Å². The number of fused-ring (bicyclic) bond motifs is 1. The Morgan fingerprint density at radius 2 is 2.24 bits per heavy atom. The maximum atomic E-state index is 11.1. The first-order valence-corrected chi connectivity index (χ1v) is 6.26.